The van der Waals surface area contributed by atoms with E-state index >= 15 is 0 Å². The molecule has 6 nitrogen and oxygen atoms in total. The number of ether oxygens (including phenoxy) is 1. The molecule has 2 aromatic rings. The largest absolute Gasteiger partial charge is 0.432 e. The van der Waals surface area contributed by atoms with Gasteiger partial charge in [-0.05, 0) is 34.5 Å². The number of pyridine rings is 1. The molecule has 1 aromatic heterocycles. The number of aliphatic hydroxyl groups excluding tert-OH is 1. The average molecular weight is 357 g/mol. The number of nitrogens with zero attached hydrogens (tertiary/aromatic N) is 2. The summed E-state index contributed by atoms with van der Waals surface area (Å²) in [5, 5.41) is 20.5. The third-order valence-corrected chi connectivity index (χ3v) is 3.26. The number of hydrogen-bond donors (Lipinski definition) is 1. The molecule has 0 radical (unpaired) electrons. The summed E-state index contributed by atoms with van der Waals surface area (Å²) in [5.41, 5.74) is 0.132. The third kappa shape index (κ3) is 3.53. The van der Waals surface area contributed by atoms with Crippen LogP contribution in [0.4, 0.5) is 10.1 Å². The van der Waals surface area contributed by atoms with Crippen molar-refractivity contribution >= 4 is 21.6 Å². The minimum absolute atomic E-state index is 0.0261. The standard InChI is InChI=1S/C13H10BrFN2O4/c1-7(18)8-2-3-16-13(4-8)21-12-6-10(15)9(14)5-11(12)17(19)20/h2-7,18H,1H3. The Labute approximate surface area is 127 Å². The summed E-state index contributed by atoms with van der Waals surface area (Å²) in [6.07, 6.45) is 0.644. The van der Waals surface area contributed by atoms with Gasteiger partial charge in [0.15, 0.2) is 0 Å². The van der Waals surface area contributed by atoms with Crippen LogP contribution in [0.1, 0.15) is 18.6 Å². The molecule has 1 atom stereocenters. The first-order chi connectivity index (χ1) is 9.88. The fourth-order valence-electron chi connectivity index (χ4n) is 1.60. The van der Waals surface area contributed by atoms with Gasteiger partial charge >= 0.3 is 5.69 Å². The summed E-state index contributed by atoms with van der Waals surface area (Å²) >= 11 is 2.88. The van der Waals surface area contributed by atoms with E-state index < -0.39 is 22.5 Å². The first-order valence-corrected chi connectivity index (χ1v) is 6.63. The summed E-state index contributed by atoms with van der Waals surface area (Å²) in [4.78, 5) is 14.2. The second kappa shape index (κ2) is 6.15. The number of nitro benzene ring substituents is 1. The van der Waals surface area contributed by atoms with Crippen molar-refractivity contribution in [2.45, 2.75) is 13.0 Å². The Morgan fingerprint density at radius 1 is 1.48 bits per heavy atom. The SMILES string of the molecule is CC(O)c1ccnc(Oc2cc(F)c(Br)cc2[N+](=O)[O-])c1. The van der Waals surface area contributed by atoms with E-state index in [0.29, 0.717) is 5.56 Å². The highest BCUT2D eigenvalue weighted by Gasteiger charge is 2.20. The van der Waals surface area contributed by atoms with Crippen molar-refractivity contribution in [3.8, 4) is 11.6 Å². The molecule has 0 aliphatic rings. The van der Waals surface area contributed by atoms with Crippen LogP contribution < -0.4 is 4.74 Å². The van der Waals surface area contributed by atoms with E-state index in [1.54, 1.807) is 13.0 Å². The van der Waals surface area contributed by atoms with E-state index in [1.807, 2.05) is 0 Å². The Morgan fingerprint density at radius 3 is 2.81 bits per heavy atom. The summed E-state index contributed by atoms with van der Waals surface area (Å²) in [5.74, 6) is -0.934. The molecule has 0 aliphatic carbocycles. The molecule has 1 N–H and O–H groups in total. The van der Waals surface area contributed by atoms with Crippen molar-refractivity contribution in [3.63, 3.8) is 0 Å². The highest BCUT2D eigenvalue weighted by Crippen LogP contribution is 2.35. The maximum Gasteiger partial charge on any atom is 0.312 e. The van der Waals surface area contributed by atoms with Crippen molar-refractivity contribution in [1.82, 2.24) is 4.98 Å². The van der Waals surface area contributed by atoms with Gasteiger partial charge in [-0.2, -0.15) is 0 Å². The van der Waals surface area contributed by atoms with Crippen LogP contribution >= 0.6 is 15.9 Å². The predicted molar refractivity (Wildman–Crippen MR) is 75.7 cm³/mol. The Morgan fingerprint density at radius 2 is 2.19 bits per heavy atom. The highest BCUT2D eigenvalue weighted by atomic mass is 79.9. The molecule has 21 heavy (non-hydrogen) atoms. The fourth-order valence-corrected chi connectivity index (χ4v) is 1.93. The van der Waals surface area contributed by atoms with Gasteiger partial charge in [-0.1, -0.05) is 0 Å². The molecule has 0 fully saturated rings. The van der Waals surface area contributed by atoms with E-state index in [4.69, 9.17) is 4.74 Å². The van der Waals surface area contributed by atoms with Gasteiger partial charge in [-0.3, -0.25) is 10.1 Å². The summed E-state index contributed by atoms with van der Waals surface area (Å²) in [6, 6.07) is 4.92. The quantitative estimate of drug-likeness (QED) is 0.666. The van der Waals surface area contributed by atoms with Crippen LogP contribution in [0.15, 0.2) is 34.9 Å². The van der Waals surface area contributed by atoms with Crippen LogP contribution in [0.5, 0.6) is 11.6 Å². The molecule has 8 heteroatoms. The molecule has 0 aliphatic heterocycles. The Hall–Kier alpha value is -2.06. The zero-order valence-electron chi connectivity index (χ0n) is 10.8. The molecule has 1 aromatic carbocycles. The Bertz CT molecular complexity index is 694. The Kier molecular flexibility index (Phi) is 4.49. The lowest BCUT2D eigenvalue weighted by Crippen LogP contribution is -1.98. The molecule has 110 valence electrons. The predicted octanol–water partition coefficient (Wildman–Crippen LogP) is 3.74. The van der Waals surface area contributed by atoms with E-state index in [2.05, 4.69) is 20.9 Å². The number of rotatable bonds is 4. The van der Waals surface area contributed by atoms with Crippen molar-refractivity contribution in [2.24, 2.45) is 0 Å². The average Bonchev–Trinajstić information content (AvgIpc) is 2.42. The van der Waals surface area contributed by atoms with Crippen LogP contribution in [-0.2, 0) is 0 Å². The van der Waals surface area contributed by atoms with E-state index in [-0.39, 0.29) is 16.1 Å². The van der Waals surface area contributed by atoms with Crippen LogP contribution in [-0.4, -0.2) is 15.0 Å². The number of halogens is 2. The molecule has 2 rings (SSSR count). The maximum atomic E-state index is 13.5. The fraction of sp³-hybridized carbons (Fsp3) is 0.154. The van der Waals surface area contributed by atoms with Crippen molar-refractivity contribution in [3.05, 3.63) is 56.4 Å². The zero-order valence-corrected chi connectivity index (χ0v) is 12.4. The van der Waals surface area contributed by atoms with Gasteiger partial charge in [0.1, 0.15) is 5.82 Å². The van der Waals surface area contributed by atoms with Gasteiger partial charge in [0.05, 0.1) is 15.5 Å². The second-order valence-corrected chi connectivity index (χ2v) is 5.05. The lowest BCUT2D eigenvalue weighted by Gasteiger charge is -2.09. The number of aromatic nitrogens is 1. The first kappa shape index (κ1) is 15.3. The minimum atomic E-state index is -0.744. The molecule has 0 saturated carbocycles. The van der Waals surface area contributed by atoms with E-state index in [0.717, 1.165) is 12.1 Å². The van der Waals surface area contributed by atoms with Gasteiger partial charge < -0.3 is 9.84 Å². The Balaban J connectivity index is 2.41. The van der Waals surface area contributed by atoms with Crippen molar-refractivity contribution in [2.75, 3.05) is 0 Å². The smallest absolute Gasteiger partial charge is 0.312 e. The molecule has 0 amide bonds. The monoisotopic (exact) mass is 356 g/mol. The van der Waals surface area contributed by atoms with E-state index in [9.17, 15) is 19.6 Å². The summed E-state index contributed by atoms with van der Waals surface area (Å²) in [7, 11) is 0. The first-order valence-electron chi connectivity index (χ1n) is 5.84. The molecule has 0 bridgehead atoms. The summed E-state index contributed by atoms with van der Waals surface area (Å²) in [6.45, 7) is 1.56. The van der Waals surface area contributed by atoms with Gasteiger partial charge in [0.2, 0.25) is 11.6 Å². The lowest BCUT2D eigenvalue weighted by molar-refractivity contribution is -0.385. The van der Waals surface area contributed by atoms with Gasteiger partial charge in [-0.15, -0.1) is 0 Å². The van der Waals surface area contributed by atoms with Crippen LogP contribution in [0, 0.1) is 15.9 Å². The molecule has 1 heterocycles. The number of hydrogen-bond acceptors (Lipinski definition) is 5. The third-order valence-electron chi connectivity index (χ3n) is 2.65. The maximum absolute atomic E-state index is 13.5. The second-order valence-electron chi connectivity index (χ2n) is 4.20. The van der Waals surface area contributed by atoms with Crippen LogP contribution in [0.3, 0.4) is 0 Å². The zero-order chi connectivity index (χ0) is 15.6. The topological polar surface area (TPSA) is 85.5 Å². The normalized spacial score (nSPS) is 12.0. The van der Waals surface area contributed by atoms with Gasteiger partial charge in [0.25, 0.3) is 0 Å². The summed E-state index contributed by atoms with van der Waals surface area (Å²) < 4.78 is 18.8. The molecule has 1 unspecified atom stereocenters. The van der Waals surface area contributed by atoms with Gasteiger partial charge in [0, 0.05) is 24.4 Å². The van der Waals surface area contributed by atoms with Crippen LogP contribution in [0.2, 0.25) is 0 Å². The number of nitro groups is 1. The van der Waals surface area contributed by atoms with Crippen molar-refractivity contribution in [1.29, 1.82) is 0 Å². The molecule has 0 spiro atoms. The van der Waals surface area contributed by atoms with Crippen LogP contribution in [0.25, 0.3) is 0 Å². The van der Waals surface area contributed by atoms with Gasteiger partial charge in [-0.25, -0.2) is 9.37 Å². The molecular weight excluding hydrogens is 347 g/mol. The lowest BCUT2D eigenvalue weighted by atomic mass is 10.2. The van der Waals surface area contributed by atoms with E-state index in [1.165, 1.54) is 12.3 Å². The van der Waals surface area contributed by atoms with Crippen molar-refractivity contribution < 1.29 is 19.2 Å². The number of aliphatic hydroxyl groups is 1. The number of benzene rings is 1. The minimum Gasteiger partial charge on any atom is -0.432 e. The molecule has 0 saturated heterocycles. The highest BCUT2D eigenvalue weighted by molar-refractivity contribution is 9.10. The molecular formula is C13H10BrFN2O4.